The SMILES string of the molecule is O=C(CN1CCc2sccc2[C@@H]1c1cccs1)N1CCN(c2ncccn2)CC1. The molecule has 3 aromatic rings. The van der Waals surface area contributed by atoms with Crippen LogP contribution in [0.2, 0.25) is 0 Å². The van der Waals surface area contributed by atoms with E-state index in [9.17, 15) is 4.79 Å². The van der Waals surface area contributed by atoms with E-state index in [0.29, 0.717) is 6.54 Å². The van der Waals surface area contributed by atoms with Crippen molar-refractivity contribution < 1.29 is 4.79 Å². The van der Waals surface area contributed by atoms with E-state index in [0.717, 1.165) is 45.1 Å². The van der Waals surface area contributed by atoms with Crippen LogP contribution < -0.4 is 4.90 Å². The average molecular weight is 426 g/mol. The Hall–Kier alpha value is -2.29. The van der Waals surface area contributed by atoms with Gasteiger partial charge in [0.25, 0.3) is 0 Å². The summed E-state index contributed by atoms with van der Waals surface area (Å²) >= 11 is 3.62. The van der Waals surface area contributed by atoms with Crippen molar-refractivity contribution in [3.05, 3.63) is 62.7 Å². The van der Waals surface area contributed by atoms with Crippen molar-refractivity contribution in [1.82, 2.24) is 19.8 Å². The molecule has 2 aliphatic heterocycles. The summed E-state index contributed by atoms with van der Waals surface area (Å²) in [5.74, 6) is 0.970. The molecule has 1 atom stereocenters. The van der Waals surface area contributed by atoms with Crippen molar-refractivity contribution in [2.75, 3.05) is 44.2 Å². The molecule has 29 heavy (non-hydrogen) atoms. The van der Waals surface area contributed by atoms with Gasteiger partial charge in [0.1, 0.15) is 0 Å². The lowest BCUT2D eigenvalue weighted by Crippen LogP contribution is -2.52. The zero-order valence-electron chi connectivity index (χ0n) is 16.1. The number of aromatic nitrogens is 2. The van der Waals surface area contributed by atoms with Crippen LogP contribution in [0.5, 0.6) is 0 Å². The first-order valence-corrected chi connectivity index (χ1v) is 11.7. The Morgan fingerprint density at radius 3 is 2.59 bits per heavy atom. The van der Waals surface area contributed by atoms with Gasteiger partial charge in [-0.2, -0.15) is 0 Å². The molecule has 8 heteroatoms. The number of piperazine rings is 1. The number of carbonyl (C=O) groups excluding carboxylic acids is 1. The lowest BCUT2D eigenvalue weighted by atomic mass is 9.98. The van der Waals surface area contributed by atoms with Gasteiger partial charge in [-0.15, -0.1) is 22.7 Å². The number of carbonyl (C=O) groups is 1. The van der Waals surface area contributed by atoms with Crippen LogP contribution in [0.25, 0.3) is 0 Å². The molecule has 1 saturated heterocycles. The second-order valence-corrected chi connectivity index (χ2v) is 9.33. The van der Waals surface area contributed by atoms with Crippen LogP contribution in [0, 0.1) is 0 Å². The summed E-state index contributed by atoms with van der Waals surface area (Å²) in [6.07, 6.45) is 4.56. The lowest BCUT2D eigenvalue weighted by molar-refractivity contribution is -0.133. The number of rotatable bonds is 4. The first-order valence-electron chi connectivity index (χ1n) is 9.93. The van der Waals surface area contributed by atoms with Crippen LogP contribution in [-0.2, 0) is 11.2 Å². The van der Waals surface area contributed by atoms with Gasteiger partial charge in [-0.1, -0.05) is 6.07 Å². The zero-order valence-corrected chi connectivity index (χ0v) is 17.7. The fourth-order valence-electron chi connectivity index (χ4n) is 4.20. The predicted molar refractivity (Wildman–Crippen MR) is 117 cm³/mol. The molecule has 0 aromatic carbocycles. The highest BCUT2D eigenvalue weighted by molar-refractivity contribution is 7.10. The van der Waals surface area contributed by atoms with Gasteiger partial charge in [-0.25, -0.2) is 9.97 Å². The van der Waals surface area contributed by atoms with E-state index in [4.69, 9.17) is 0 Å². The van der Waals surface area contributed by atoms with E-state index in [1.54, 1.807) is 23.7 Å². The number of hydrogen-bond donors (Lipinski definition) is 0. The van der Waals surface area contributed by atoms with E-state index in [1.165, 1.54) is 15.3 Å². The summed E-state index contributed by atoms with van der Waals surface area (Å²) in [6.45, 7) is 4.40. The van der Waals surface area contributed by atoms with Crippen molar-refractivity contribution >= 4 is 34.5 Å². The van der Waals surface area contributed by atoms with Crippen molar-refractivity contribution in [3.63, 3.8) is 0 Å². The standard InChI is InChI=1S/C21H23N5OS2/c27-19(24-9-11-25(12-10-24)21-22-6-2-7-23-21)15-26-8-4-17-16(5-14-29-17)20(26)18-3-1-13-28-18/h1-3,5-7,13-14,20H,4,8-12,15H2/t20-/m1/s1. The molecule has 0 radical (unpaired) electrons. The topological polar surface area (TPSA) is 52.6 Å². The summed E-state index contributed by atoms with van der Waals surface area (Å²) in [6, 6.07) is 8.56. The number of amides is 1. The van der Waals surface area contributed by atoms with E-state index in [-0.39, 0.29) is 11.9 Å². The molecule has 150 valence electrons. The van der Waals surface area contributed by atoms with Crippen LogP contribution >= 0.6 is 22.7 Å². The van der Waals surface area contributed by atoms with Crippen LogP contribution in [0.3, 0.4) is 0 Å². The highest BCUT2D eigenvalue weighted by Crippen LogP contribution is 2.39. The summed E-state index contributed by atoms with van der Waals surface area (Å²) in [7, 11) is 0. The minimum Gasteiger partial charge on any atom is -0.338 e. The number of fused-ring (bicyclic) bond motifs is 1. The van der Waals surface area contributed by atoms with Gasteiger partial charge in [-0.3, -0.25) is 9.69 Å². The quantitative estimate of drug-likeness (QED) is 0.643. The van der Waals surface area contributed by atoms with Gasteiger partial charge in [-0.05, 0) is 40.9 Å². The summed E-state index contributed by atoms with van der Waals surface area (Å²) < 4.78 is 0. The number of hydrogen-bond acceptors (Lipinski definition) is 7. The van der Waals surface area contributed by atoms with Gasteiger partial charge in [0.2, 0.25) is 11.9 Å². The summed E-state index contributed by atoms with van der Waals surface area (Å²) in [5, 5.41) is 4.31. The normalized spacial score (nSPS) is 19.9. The Morgan fingerprint density at radius 1 is 1.00 bits per heavy atom. The van der Waals surface area contributed by atoms with E-state index >= 15 is 0 Å². The smallest absolute Gasteiger partial charge is 0.236 e. The lowest BCUT2D eigenvalue weighted by Gasteiger charge is -2.38. The zero-order chi connectivity index (χ0) is 19.6. The Balaban J connectivity index is 1.26. The molecule has 0 unspecified atom stereocenters. The Kier molecular flexibility index (Phi) is 5.30. The maximum atomic E-state index is 13.1. The largest absolute Gasteiger partial charge is 0.338 e. The highest BCUT2D eigenvalue weighted by atomic mass is 32.1. The van der Waals surface area contributed by atoms with Crippen LogP contribution in [-0.4, -0.2) is 64.9 Å². The number of nitrogens with zero attached hydrogens (tertiary/aromatic N) is 5. The molecule has 0 bridgehead atoms. The molecule has 2 aliphatic rings. The van der Waals surface area contributed by atoms with Gasteiger partial charge in [0.05, 0.1) is 12.6 Å². The van der Waals surface area contributed by atoms with E-state index in [1.807, 2.05) is 22.3 Å². The Bertz CT molecular complexity index is 951. The molecule has 1 fully saturated rings. The van der Waals surface area contributed by atoms with Crippen molar-refractivity contribution in [3.8, 4) is 0 Å². The third kappa shape index (κ3) is 3.80. The van der Waals surface area contributed by atoms with Gasteiger partial charge in [0.15, 0.2) is 0 Å². The minimum absolute atomic E-state index is 0.202. The highest BCUT2D eigenvalue weighted by Gasteiger charge is 2.33. The molecule has 0 spiro atoms. The second-order valence-electron chi connectivity index (χ2n) is 7.35. The van der Waals surface area contributed by atoms with Crippen molar-refractivity contribution in [2.24, 2.45) is 0 Å². The van der Waals surface area contributed by atoms with E-state index < -0.39 is 0 Å². The molecule has 5 rings (SSSR count). The van der Waals surface area contributed by atoms with E-state index in [2.05, 4.69) is 48.7 Å². The van der Waals surface area contributed by atoms with Crippen molar-refractivity contribution in [1.29, 1.82) is 0 Å². The van der Waals surface area contributed by atoms with Gasteiger partial charge in [0, 0.05) is 54.9 Å². The van der Waals surface area contributed by atoms with Crippen LogP contribution in [0.4, 0.5) is 5.95 Å². The van der Waals surface area contributed by atoms with Gasteiger partial charge < -0.3 is 9.80 Å². The average Bonchev–Trinajstić information content (AvgIpc) is 3.46. The molecule has 0 aliphatic carbocycles. The minimum atomic E-state index is 0.202. The predicted octanol–water partition coefficient (Wildman–Crippen LogP) is 2.90. The molecule has 1 amide bonds. The molecular weight excluding hydrogens is 402 g/mol. The fourth-order valence-corrected chi connectivity index (χ4v) is 5.98. The summed E-state index contributed by atoms with van der Waals surface area (Å²) in [4.78, 5) is 31.1. The van der Waals surface area contributed by atoms with Crippen LogP contribution in [0.1, 0.15) is 21.4 Å². The molecule has 0 saturated carbocycles. The fraction of sp³-hybridized carbons (Fsp3) is 0.381. The second kappa shape index (κ2) is 8.22. The maximum Gasteiger partial charge on any atom is 0.236 e. The molecule has 0 N–H and O–H groups in total. The van der Waals surface area contributed by atoms with Crippen molar-refractivity contribution in [2.45, 2.75) is 12.5 Å². The number of anilines is 1. The van der Waals surface area contributed by atoms with Crippen LogP contribution in [0.15, 0.2) is 47.4 Å². The Labute approximate surface area is 178 Å². The van der Waals surface area contributed by atoms with Gasteiger partial charge >= 0.3 is 0 Å². The number of thiophene rings is 2. The first kappa shape index (κ1) is 18.7. The third-order valence-electron chi connectivity index (χ3n) is 5.68. The molecular formula is C21H23N5OS2. The molecule has 6 nitrogen and oxygen atoms in total. The first-order chi connectivity index (χ1) is 14.3. The maximum absolute atomic E-state index is 13.1. The molecule has 5 heterocycles. The monoisotopic (exact) mass is 425 g/mol. The molecule has 3 aromatic heterocycles. The third-order valence-corrected chi connectivity index (χ3v) is 7.61. The Morgan fingerprint density at radius 2 is 1.83 bits per heavy atom. The summed E-state index contributed by atoms with van der Waals surface area (Å²) in [5.41, 5.74) is 1.38.